The molecule has 6 rings (SSSR count). The summed E-state index contributed by atoms with van der Waals surface area (Å²) < 4.78 is 0. The molecule has 168 valence electrons. The van der Waals surface area contributed by atoms with Gasteiger partial charge < -0.3 is 9.94 Å². The summed E-state index contributed by atoms with van der Waals surface area (Å²) in [6.45, 7) is 0. The third kappa shape index (κ3) is 2.95. The molecule has 2 amide bonds. The molecule has 0 spiro atoms. The predicted molar refractivity (Wildman–Crippen MR) is 118 cm³/mol. The maximum atomic E-state index is 13.5. The lowest BCUT2D eigenvalue weighted by Gasteiger charge is -2.29. The first-order valence-electron chi connectivity index (χ1n) is 11.1. The van der Waals surface area contributed by atoms with Gasteiger partial charge >= 0.3 is 5.97 Å². The Morgan fingerprint density at radius 2 is 1.70 bits per heavy atom. The zero-order chi connectivity index (χ0) is 22.9. The molecule has 2 aliphatic heterocycles. The van der Waals surface area contributed by atoms with E-state index in [4.69, 9.17) is 16.4 Å². The Morgan fingerprint density at radius 1 is 1.03 bits per heavy atom. The van der Waals surface area contributed by atoms with Crippen molar-refractivity contribution in [3.63, 3.8) is 0 Å². The topological polar surface area (TPSA) is 96.3 Å². The summed E-state index contributed by atoms with van der Waals surface area (Å²) >= 11 is 6.02. The molecule has 2 aromatic carbocycles. The van der Waals surface area contributed by atoms with E-state index in [0.29, 0.717) is 11.4 Å². The van der Waals surface area contributed by atoms with Crippen molar-refractivity contribution in [2.75, 3.05) is 0 Å². The van der Waals surface area contributed by atoms with E-state index < -0.39 is 23.8 Å². The van der Waals surface area contributed by atoms with Gasteiger partial charge in [0, 0.05) is 23.3 Å². The standard InChI is InChI=1S/C25H21ClN2O5/c26-14-8-6-13(7-9-14)21-20-15-11-16(22(20)33-27-21)19-18(15)23(29)28(24(19)30)17(25(31)32)10-12-4-2-1-3-5-12/h1-9,15-20,22H,10-11H2,(H,31,32)/t15-,16+,17?,18+,19-,20+,22+/m1/s1. The van der Waals surface area contributed by atoms with Gasteiger partial charge in [0.1, 0.15) is 12.1 Å². The number of imide groups is 1. The zero-order valence-corrected chi connectivity index (χ0v) is 18.3. The highest BCUT2D eigenvalue weighted by Crippen LogP contribution is 2.61. The fourth-order valence-electron chi connectivity index (χ4n) is 6.44. The minimum Gasteiger partial charge on any atom is -0.480 e. The number of rotatable bonds is 5. The monoisotopic (exact) mass is 464 g/mol. The fraction of sp³-hybridized carbons (Fsp3) is 0.360. The van der Waals surface area contributed by atoms with Crippen LogP contribution in [0.15, 0.2) is 59.8 Å². The SMILES string of the molecule is O=C(O)C(Cc1ccccc1)N1C(=O)[C@@H]2[C@@H]3C[C@@H]([C@H]4C(c5ccc(Cl)cc5)=NO[C@@H]34)[C@@H]2C1=O. The van der Waals surface area contributed by atoms with E-state index in [1.165, 1.54) is 0 Å². The molecule has 1 N–H and O–H groups in total. The number of likely N-dealkylation sites (tertiary alicyclic amines) is 1. The number of hydrogen-bond acceptors (Lipinski definition) is 5. The van der Waals surface area contributed by atoms with Gasteiger partial charge in [-0.1, -0.05) is 59.2 Å². The Hall–Kier alpha value is -3.19. The molecule has 2 bridgehead atoms. The minimum absolute atomic E-state index is 0.0866. The van der Waals surface area contributed by atoms with Crippen molar-refractivity contribution in [1.82, 2.24) is 4.90 Å². The smallest absolute Gasteiger partial charge is 0.327 e. The Bertz CT molecular complexity index is 1180. The Balaban J connectivity index is 1.30. The summed E-state index contributed by atoms with van der Waals surface area (Å²) in [6, 6.07) is 15.2. The number of oxime groups is 1. The van der Waals surface area contributed by atoms with Crippen LogP contribution in [-0.4, -0.2) is 45.6 Å². The van der Waals surface area contributed by atoms with Crippen molar-refractivity contribution in [2.45, 2.75) is 25.0 Å². The number of aliphatic carboxylic acids is 1. The van der Waals surface area contributed by atoms with Crippen LogP contribution in [0.2, 0.25) is 5.02 Å². The summed E-state index contributed by atoms with van der Waals surface area (Å²) in [5.74, 6) is -3.34. The highest BCUT2D eigenvalue weighted by molar-refractivity contribution is 6.30. The maximum Gasteiger partial charge on any atom is 0.327 e. The Kier molecular flexibility index (Phi) is 4.59. The lowest BCUT2D eigenvalue weighted by Crippen LogP contribution is -2.47. The Morgan fingerprint density at radius 3 is 2.36 bits per heavy atom. The van der Waals surface area contributed by atoms with Crippen molar-refractivity contribution in [2.24, 2.45) is 34.7 Å². The van der Waals surface area contributed by atoms with Gasteiger partial charge in [-0.05, 0) is 35.6 Å². The van der Waals surface area contributed by atoms with Gasteiger partial charge in [-0.25, -0.2) is 4.79 Å². The van der Waals surface area contributed by atoms with Crippen LogP contribution in [0, 0.1) is 29.6 Å². The maximum absolute atomic E-state index is 13.5. The van der Waals surface area contributed by atoms with Crippen LogP contribution in [0.3, 0.4) is 0 Å². The molecular formula is C25H21ClN2O5. The highest BCUT2D eigenvalue weighted by Gasteiger charge is 2.71. The first-order chi connectivity index (χ1) is 16.0. The second kappa shape index (κ2) is 7.42. The van der Waals surface area contributed by atoms with Gasteiger partial charge in [0.15, 0.2) is 0 Å². The molecule has 0 aromatic heterocycles. The quantitative estimate of drug-likeness (QED) is 0.686. The van der Waals surface area contributed by atoms with Crippen molar-refractivity contribution in [3.05, 3.63) is 70.7 Å². The molecule has 3 fully saturated rings. The molecule has 7 atom stereocenters. The minimum atomic E-state index is -1.22. The number of amides is 2. The predicted octanol–water partition coefficient (Wildman–Crippen LogP) is 3.01. The Labute approximate surface area is 195 Å². The van der Waals surface area contributed by atoms with Crippen molar-refractivity contribution >= 4 is 35.1 Å². The van der Waals surface area contributed by atoms with E-state index in [-0.39, 0.29) is 42.1 Å². The average molecular weight is 465 g/mol. The lowest BCUT2D eigenvalue weighted by molar-refractivity contribution is -0.155. The van der Waals surface area contributed by atoms with Crippen LogP contribution >= 0.6 is 11.6 Å². The van der Waals surface area contributed by atoms with E-state index >= 15 is 0 Å². The molecule has 7 nitrogen and oxygen atoms in total. The second-order valence-corrected chi connectivity index (χ2v) is 9.72. The number of carboxylic acid groups (broad SMARTS) is 1. The van der Waals surface area contributed by atoms with Gasteiger partial charge in [0.05, 0.1) is 17.5 Å². The molecule has 1 saturated heterocycles. The van der Waals surface area contributed by atoms with E-state index in [0.717, 1.165) is 21.7 Å². The molecule has 2 heterocycles. The molecule has 2 aromatic rings. The van der Waals surface area contributed by atoms with Gasteiger partial charge in [-0.2, -0.15) is 0 Å². The van der Waals surface area contributed by atoms with Gasteiger partial charge in [-0.15, -0.1) is 0 Å². The number of carbonyl (C=O) groups is 3. The number of hydrogen-bond donors (Lipinski definition) is 1. The molecule has 8 heteroatoms. The number of benzene rings is 2. The largest absolute Gasteiger partial charge is 0.480 e. The van der Waals surface area contributed by atoms with Gasteiger partial charge in [0.25, 0.3) is 0 Å². The first-order valence-corrected chi connectivity index (χ1v) is 11.5. The number of nitrogens with zero attached hydrogens (tertiary/aromatic N) is 2. The van der Waals surface area contributed by atoms with E-state index in [9.17, 15) is 19.5 Å². The average Bonchev–Trinajstić information content (AvgIpc) is 3.54. The zero-order valence-electron chi connectivity index (χ0n) is 17.5. The third-order valence-corrected chi connectivity index (χ3v) is 7.99. The first kappa shape index (κ1) is 20.4. The highest BCUT2D eigenvalue weighted by atomic mass is 35.5. The molecule has 4 aliphatic rings. The second-order valence-electron chi connectivity index (χ2n) is 9.28. The molecule has 1 unspecified atom stereocenters. The van der Waals surface area contributed by atoms with Crippen LogP contribution in [0.1, 0.15) is 17.5 Å². The summed E-state index contributed by atoms with van der Waals surface area (Å²) in [5, 5.41) is 14.9. The van der Waals surface area contributed by atoms with Crippen LogP contribution in [0.25, 0.3) is 0 Å². The van der Waals surface area contributed by atoms with E-state index in [2.05, 4.69) is 5.16 Å². The van der Waals surface area contributed by atoms with Crippen LogP contribution in [0.5, 0.6) is 0 Å². The number of fused-ring (bicyclic) bond motifs is 8. The van der Waals surface area contributed by atoms with Crippen molar-refractivity contribution in [1.29, 1.82) is 0 Å². The van der Waals surface area contributed by atoms with E-state index in [1.54, 1.807) is 24.3 Å². The fourth-order valence-corrected chi connectivity index (χ4v) is 6.57. The van der Waals surface area contributed by atoms with Gasteiger partial charge in [-0.3, -0.25) is 14.5 Å². The number of carboxylic acids is 1. The van der Waals surface area contributed by atoms with Crippen molar-refractivity contribution in [3.8, 4) is 0 Å². The summed E-state index contributed by atoms with van der Waals surface area (Å²) in [4.78, 5) is 45.9. The van der Waals surface area contributed by atoms with Crippen LogP contribution in [-0.2, 0) is 25.6 Å². The summed E-state index contributed by atoms with van der Waals surface area (Å²) in [6.07, 6.45) is 0.526. The molecule has 33 heavy (non-hydrogen) atoms. The number of carbonyl (C=O) groups excluding carboxylic acids is 2. The lowest BCUT2D eigenvalue weighted by atomic mass is 9.71. The summed E-state index contributed by atoms with van der Waals surface area (Å²) in [5.41, 5.74) is 2.43. The number of halogens is 1. The normalized spacial score (nSPS) is 32.4. The van der Waals surface area contributed by atoms with Gasteiger partial charge in [0.2, 0.25) is 11.8 Å². The van der Waals surface area contributed by atoms with Crippen molar-refractivity contribution < 1.29 is 24.3 Å². The molecule has 0 radical (unpaired) electrons. The summed E-state index contributed by atoms with van der Waals surface area (Å²) in [7, 11) is 0. The van der Waals surface area contributed by atoms with Crippen LogP contribution in [0.4, 0.5) is 0 Å². The third-order valence-electron chi connectivity index (χ3n) is 7.73. The van der Waals surface area contributed by atoms with E-state index in [1.807, 2.05) is 30.3 Å². The van der Waals surface area contributed by atoms with Crippen LogP contribution < -0.4 is 0 Å². The molecule has 2 aliphatic carbocycles. The molecule has 2 saturated carbocycles. The molecular weight excluding hydrogens is 444 g/mol.